The maximum atomic E-state index is 14.5. The number of nitrogens with zero attached hydrogens (tertiary/aromatic N) is 3. The minimum absolute atomic E-state index is 0.144. The number of aromatic nitrogens is 2. The molecule has 0 unspecified atom stereocenters. The van der Waals surface area contributed by atoms with E-state index in [1.165, 1.54) is 19.2 Å². The van der Waals surface area contributed by atoms with Crippen LogP contribution in [0.3, 0.4) is 0 Å². The summed E-state index contributed by atoms with van der Waals surface area (Å²) in [4.78, 5) is 16.6. The van der Waals surface area contributed by atoms with Crippen LogP contribution in [0.1, 0.15) is 68.8 Å². The Labute approximate surface area is 162 Å². The fraction of sp³-hybridized carbons (Fsp3) is 0.476. The number of benzene rings is 1. The molecule has 2 aliphatic carbocycles. The lowest BCUT2D eigenvalue weighted by Crippen LogP contribution is -2.21. The molecule has 1 amide bonds. The summed E-state index contributed by atoms with van der Waals surface area (Å²) in [6, 6.07) is 3.45. The lowest BCUT2D eigenvalue weighted by Gasteiger charge is -2.15. The molecule has 7 heteroatoms. The summed E-state index contributed by atoms with van der Waals surface area (Å²) < 4.78 is 34.8. The molecule has 5 nitrogen and oxygen atoms in total. The van der Waals surface area contributed by atoms with Crippen LogP contribution in [-0.2, 0) is 9.53 Å². The van der Waals surface area contributed by atoms with Crippen LogP contribution in [0, 0.1) is 17.0 Å². The van der Waals surface area contributed by atoms with E-state index in [9.17, 15) is 13.6 Å². The summed E-state index contributed by atoms with van der Waals surface area (Å²) in [6.45, 7) is 5.35. The van der Waals surface area contributed by atoms with Gasteiger partial charge in [-0.1, -0.05) is 20.8 Å². The van der Waals surface area contributed by atoms with Crippen molar-refractivity contribution in [1.29, 1.82) is 0 Å². The molecule has 1 fully saturated rings. The van der Waals surface area contributed by atoms with Gasteiger partial charge in [0.2, 0.25) is 5.90 Å². The molecule has 2 atom stereocenters. The predicted octanol–water partition coefficient (Wildman–Crippen LogP) is 4.48. The number of fused-ring (bicyclic) bond motifs is 5. The van der Waals surface area contributed by atoms with Gasteiger partial charge in [0.1, 0.15) is 11.5 Å². The molecule has 2 aromatic rings. The second kappa shape index (κ2) is 6.50. The van der Waals surface area contributed by atoms with Gasteiger partial charge in [-0.05, 0) is 37.3 Å². The van der Waals surface area contributed by atoms with Crippen molar-refractivity contribution in [3.05, 3.63) is 46.8 Å². The first kappa shape index (κ1) is 18.8. The van der Waals surface area contributed by atoms with E-state index in [-0.39, 0.29) is 29.3 Å². The van der Waals surface area contributed by atoms with Crippen molar-refractivity contribution in [1.82, 2.24) is 9.78 Å². The number of hydrogen-bond acceptors (Lipinski definition) is 3. The van der Waals surface area contributed by atoms with Crippen molar-refractivity contribution in [2.45, 2.75) is 51.9 Å². The molecular weight excluding hydrogens is 364 g/mol. The van der Waals surface area contributed by atoms with E-state index >= 15 is 0 Å². The van der Waals surface area contributed by atoms with Gasteiger partial charge in [-0.15, -0.1) is 0 Å². The molecule has 2 aliphatic rings. The van der Waals surface area contributed by atoms with Crippen molar-refractivity contribution in [2.24, 2.45) is 10.4 Å². The molecule has 1 heterocycles. The van der Waals surface area contributed by atoms with Gasteiger partial charge in [-0.3, -0.25) is 4.79 Å². The molecule has 0 radical (unpaired) electrons. The summed E-state index contributed by atoms with van der Waals surface area (Å²) in [5, 5.41) is 4.59. The standard InChI is InChI=1S/C21H23F2N3O2/c1-21(2,3)20(27)24-19(28-4)17-16-11-5-6-12(9-11)18(16)26(25-17)15-8-7-13(22)10-14(15)23/h7-8,10-12H,5-6,9H2,1-4H3/t11-,12+/m0/s1. The van der Waals surface area contributed by atoms with Crippen LogP contribution < -0.4 is 0 Å². The van der Waals surface area contributed by atoms with E-state index in [0.717, 1.165) is 36.6 Å². The summed E-state index contributed by atoms with van der Waals surface area (Å²) in [5.41, 5.74) is 1.91. The van der Waals surface area contributed by atoms with Gasteiger partial charge in [0.05, 0.1) is 12.8 Å². The van der Waals surface area contributed by atoms with Crippen molar-refractivity contribution in [3.8, 4) is 5.69 Å². The Morgan fingerprint density at radius 3 is 2.61 bits per heavy atom. The highest BCUT2D eigenvalue weighted by Gasteiger charge is 2.44. The highest BCUT2D eigenvalue weighted by Crippen LogP contribution is 2.54. The molecule has 148 valence electrons. The highest BCUT2D eigenvalue weighted by molar-refractivity contribution is 6.02. The van der Waals surface area contributed by atoms with Gasteiger partial charge in [0, 0.05) is 23.0 Å². The average Bonchev–Trinajstić information content (AvgIpc) is 3.31. The molecule has 2 bridgehead atoms. The van der Waals surface area contributed by atoms with Gasteiger partial charge < -0.3 is 4.74 Å². The fourth-order valence-corrected chi connectivity index (χ4v) is 4.18. The minimum Gasteiger partial charge on any atom is -0.479 e. The van der Waals surface area contributed by atoms with Gasteiger partial charge in [0.15, 0.2) is 11.5 Å². The average molecular weight is 387 g/mol. The number of amides is 1. The van der Waals surface area contributed by atoms with E-state index in [1.54, 1.807) is 25.5 Å². The van der Waals surface area contributed by atoms with Crippen molar-refractivity contribution >= 4 is 11.8 Å². The van der Waals surface area contributed by atoms with Crippen LogP contribution >= 0.6 is 0 Å². The van der Waals surface area contributed by atoms with E-state index in [0.29, 0.717) is 5.69 Å². The first-order valence-electron chi connectivity index (χ1n) is 9.46. The summed E-state index contributed by atoms with van der Waals surface area (Å²) in [7, 11) is 1.45. The Kier molecular flexibility index (Phi) is 4.36. The fourth-order valence-electron chi connectivity index (χ4n) is 4.18. The monoisotopic (exact) mass is 387 g/mol. The Bertz CT molecular complexity index is 988. The normalized spacial score (nSPS) is 21.1. The van der Waals surface area contributed by atoms with E-state index < -0.39 is 17.0 Å². The number of carbonyl (C=O) groups is 1. The molecule has 1 aromatic heterocycles. The van der Waals surface area contributed by atoms with E-state index in [2.05, 4.69) is 10.1 Å². The third kappa shape index (κ3) is 2.93. The Balaban J connectivity index is 1.89. The molecule has 0 spiro atoms. The molecule has 1 saturated carbocycles. The number of aliphatic imine (C=N–C) groups is 1. The molecule has 0 saturated heterocycles. The SMILES string of the molecule is COC(=NC(=O)C(C)(C)C)c1nn(-c2ccc(F)cc2F)c2c1[C@H]1CC[C@@H]2C1. The van der Waals surface area contributed by atoms with Crippen LogP contribution in [-0.4, -0.2) is 28.7 Å². The largest absolute Gasteiger partial charge is 0.479 e. The third-order valence-corrected chi connectivity index (χ3v) is 5.57. The van der Waals surface area contributed by atoms with Crippen LogP contribution in [0.25, 0.3) is 5.69 Å². The van der Waals surface area contributed by atoms with Crippen molar-refractivity contribution in [2.75, 3.05) is 7.11 Å². The smallest absolute Gasteiger partial charge is 0.254 e. The number of methoxy groups -OCH3 is 1. The Morgan fingerprint density at radius 2 is 1.96 bits per heavy atom. The predicted molar refractivity (Wildman–Crippen MR) is 101 cm³/mol. The quantitative estimate of drug-likeness (QED) is 0.564. The number of carbonyl (C=O) groups excluding carboxylic acids is 1. The van der Waals surface area contributed by atoms with Crippen LogP contribution in [0.5, 0.6) is 0 Å². The topological polar surface area (TPSA) is 56.5 Å². The van der Waals surface area contributed by atoms with Gasteiger partial charge >= 0.3 is 0 Å². The molecule has 1 aromatic carbocycles. The highest BCUT2D eigenvalue weighted by atomic mass is 19.1. The van der Waals surface area contributed by atoms with E-state index in [4.69, 9.17) is 4.74 Å². The lowest BCUT2D eigenvalue weighted by molar-refractivity contribution is -0.124. The molecule has 0 aliphatic heterocycles. The summed E-state index contributed by atoms with van der Waals surface area (Å²) in [6.07, 6.45) is 2.99. The summed E-state index contributed by atoms with van der Waals surface area (Å²) >= 11 is 0. The molecule has 0 N–H and O–H groups in total. The third-order valence-electron chi connectivity index (χ3n) is 5.57. The zero-order valence-corrected chi connectivity index (χ0v) is 16.4. The zero-order chi connectivity index (χ0) is 20.2. The maximum Gasteiger partial charge on any atom is 0.254 e. The van der Waals surface area contributed by atoms with Gasteiger partial charge in [-0.25, -0.2) is 13.5 Å². The number of rotatable bonds is 2. The number of halogens is 2. The second-order valence-electron chi connectivity index (χ2n) is 8.54. The zero-order valence-electron chi connectivity index (χ0n) is 16.4. The minimum atomic E-state index is -0.679. The van der Waals surface area contributed by atoms with Crippen molar-refractivity contribution < 1.29 is 18.3 Å². The lowest BCUT2D eigenvalue weighted by atomic mass is 9.94. The number of ether oxygens (including phenoxy) is 1. The first-order chi connectivity index (χ1) is 13.2. The van der Waals surface area contributed by atoms with Gasteiger partial charge in [0.25, 0.3) is 5.91 Å². The van der Waals surface area contributed by atoms with Crippen LogP contribution in [0.4, 0.5) is 8.78 Å². The van der Waals surface area contributed by atoms with Crippen molar-refractivity contribution in [3.63, 3.8) is 0 Å². The summed E-state index contributed by atoms with van der Waals surface area (Å²) in [5.74, 6) is -0.934. The Hall–Kier alpha value is -2.57. The van der Waals surface area contributed by atoms with Crippen LogP contribution in [0.15, 0.2) is 23.2 Å². The van der Waals surface area contributed by atoms with Gasteiger partial charge in [-0.2, -0.15) is 10.1 Å². The molecule has 28 heavy (non-hydrogen) atoms. The maximum absolute atomic E-state index is 14.5. The molecule has 4 rings (SSSR count). The van der Waals surface area contributed by atoms with Crippen LogP contribution in [0.2, 0.25) is 0 Å². The Morgan fingerprint density at radius 1 is 1.25 bits per heavy atom. The number of hydrogen-bond donors (Lipinski definition) is 0. The van der Waals surface area contributed by atoms with E-state index in [1.807, 2.05) is 0 Å². The second-order valence-corrected chi connectivity index (χ2v) is 8.54. The molecular formula is C21H23F2N3O2. The first-order valence-corrected chi connectivity index (χ1v) is 9.46.